The van der Waals surface area contributed by atoms with Gasteiger partial charge < -0.3 is 19.5 Å². The average Bonchev–Trinajstić information content (AvgIpc) is 3.06. The van der Waals surface area contributed by atoms with Gasteiger partial charge in [-0.2, -0.15) is 0 Å². The van der Waals surface area contributed by atoms with E-state index in [2.05, 4.69) is 13.8 Å². The van der Waals surface area contributed by atoms with Crippen LogP contribution in [-0.2, 0) is 6.54 Å². The number of methoxy groups -OCH3 is 1. The summed E-state index contributed by atoms with van der Waals surface area (Å²) < 4.78 is 11.2. The lowest BCUT2D eigenvalue weighted by atomic mass is 10.0. The molecule has 0 aromatic heterocycles. The fourth-order valence-electron chi connectivity index (χ4n) is 3.77. The summed E-state index contributed by atoms with van der Waals surface area (Å²) in [7, 11) is 1.62. The molecule has 0 atom stereocenters. The number of carbonyl (C=O) groups is 1. The van der Waals surface area contributed by atoms with E-state index in [0.29, 0.717) is 23.4 Å². The molecule has 2 aromatic carbocycles. The van der Waals surface area contributed by atoms with E-state index >= 15 is 0 Å². The molecule has 1 aliphatic heterocycles. The summed E-state index contributed by atoms with van der Waals surface area (Å²) in [5.41, 5.74) is 1.96. The van der Waals surface area contributed by atoms with Gasteiger partial charge in [-0.05, 0) is 31.1 Å². The Morgan fingerprint density at radius 3 is 2.53 bits per heavy atom. The topological polar surface area (TPSA) is 63.0 Å². The number of Topliss-reactive ketones (excluding diaryl/α,β-unsaturated/α-hetero) is 1. The van der Waals surface area contributed by atoms with Crippen molar-refractivity contribution >= 4 is 11.9 Å². The molecule has 1 heterocycles. The fourth-order valence-corrected chi connectivity index (χ4v) is 3.77. The number of ketones is 1. The van der Waals surface area contributed by atoms with Gasteiger partial charge in [0, 0.05) is 11.1 Å². The molecule has 0 radical (unpaired) electrons. The minimum absolute atomic E-state index is 0.0722. The Balaban J connectivity index is 1.85. The average molecular weight is 408 g/mol. The molecular formula is C25H29NO4. The lowest BCUT2D eigenvalue weighted by Gasteiger charge is -2.23. The molecule has 3 rings (SSSR count). The molecule has 0 amide bonds. The van der Waals surface area contributed by atoms with E-state index in [0.717, 1.165) is 37.2 Å². The molecule has 30 heavy (non-hydrogen) atoms. The van der Waals surface area contributed by atoms with Crippen LogP contribution in [0.5, 0.6) is 17.2 Å². The third kappa shape index (κ3) is 4.74. The van der Waals surface area contributed by atoms with Gasteiger partial charge in [0.05, 0.1) is 25.8 Å². The van der Waals surface area contributed by atoms with Crippen LogP contribution >= 0.6 is 0 Å². The normalized spacial score (nSPS) is 14.5. The van der Waals surface area contributed by atoms with Gasteiger partial charge in [0.1, 0.15) is 18.0 Å². The second-order valence-corrected chi connectivity index (χ2v) is 7.41. The van der Waals surface area contributed by atoms with Crippen molar-refractivity contribution in [3.05, 3.63) is 71.0 Å². The number of nitrogens with one attached hydrogen (secondary N) is 1. The van der Waals surface area contributed by atoms with Gasteiger partial charge in [0.15, 0.2) is 5.76 Å². The van der Waals surface area contributed by atoms with Crippen LogP contribution in [0.25, 0.3) is 6.08 Å². The quantitative estimate of drug-likeness (QED) is 0.649. The number of fused-ring (bicyclic) bond motifs is 1. The van der Waals surface area contributed by atoms with E-state index in [1.54, 1.807) is 25.3 Å². The monoisotopic (exact) mass is 407 g/mol. The molecule has 158 valence electrons. The van der Waals surface area contributed by atoms with Crippen molar-refractivity contribution in [1.29, 1.82) is 0 Å². The summed E-state index contributed by atoms with van der Waals surface area (Å²) in [6.07, 6.45) is 7.35. The molecule has 5 heteroatoms. The minimum atomic E-state index is -0.191. The number of quaternary nitrogens is 1. The maximum Gasteiger partial charge on any atom is 0.231 e. The Bertz CT molecular complexity index is 956. The standard InChI is InChI=1S/C25H29NO4/c1-4-15-26(16-5-2)17-20-21(27)14-13-19-24(28)23(30-25(19)20)12-8-10-18-9-6-7-11-22(18)29-3/h6-14,27H,4-5,15-17H2,1-3H3/b10-8+,23-12-. The van der Waals surface area contributed by atoms with Gasteiger partial charge in [0.2, 0.25) is 5.78 Å². The third-order valence-electron chi connectivity index (χ3n) is 5.19. The van der Waals surface area contributed by atoms with Gasteiger partial charge in [-0.1, -0.05) is 56.0 Å². The van der Waals surface area contributed by atoms with Crippen molar-refractivity contribution in [2.75, 3.05) is 20.2 Å². The van der Waals surface area contributed by atoms with E-state index in [-0.39, 0.29) is 17.3 Å². The van der Waals surface area contributed by atoms with Crippen LogP contribution in [0.1, 0.15) is 48.2 Å². The molecule has 0 spiro atoms. The summed E-state index contributed by atoms with van der Waals surface area (Å²) in [6.45, 7) is 6.81. The lowest BCUT2D eigenvalue weighted by molar-refractivity contribution is -0.914. The number of hydrogen-bond acceptors (Lipinski definition) is 4. The van der Waals surface area contributed by atoms with Crippen LogP contribution in [-0.4, -0.2) is 26.0 Å². The third-order valence-corrected chi connectivity index (χ3v) is 5.19. The molecule has 5 nitrogen and oxygen atoms in total. The van der Waals surface area contributed by atoms with E-state index in [4.69, 9.17) is 9.47 Å². The van der Waals surface area contributed by atoms with E-state index < -0.39 is 0 Å². The zero-order valence-electron chi connectivity index (χ0n) is 17.9. The molecular weight excluding hydrogens is 378 g/mol. The molecule has 0 fully saturated rings. The van der Waals surface area contributed by atoms with E-state index in [9.17, 15) is 9.90 Å². The van der Waals surface area contributed by atoms with Gasteiger partial charge >= 0.3 is 0 Å². The van der Waals surface area contributed by atoms with Gasteiger partial charge in [-0.3, -0.25) is 4.79 Å². The number of hydrogen-bond donors (Lipinski definition) is 1. The molecule has 0 saturated carbocycles. The van der Waals surface area contributed by atoms with Crippen LogP contribution in [0.2, 0.25) is 0 Å². The number of rotatable bonds is 9. The first-order chi connectivity index (χ1) is 14.6. The zero-order chi connectivity index (χ0) is 21.5. The minimum Gasteiger partial charge on any atom is -0.872 e. The molecule has 0 bridgehead atoms. The van der Waals surface area contributed by atoms with Crippen LogP contribution in [0.15, 0.2) is 54.3 Å². The second kappa shape index (κ2) is 10.1. The molecule has 1 N–H and O–H groups in total. The summed E-state index contributed by atoms with van der Waals surface area (Å²) in [6, 6.07) is 10.7. The Hall–Kier alpha value is -3.05. The van der Waals surface area contributed by atoms with Crippen LogP contribution in [0.4, 0.5) is 0 Å². The Morgan fingerprint density at radius 1 is 1.10 bits per heavy atom. The highest BCUT2D eigenvalue weighted by molar-refractivity contribution is 6.12. The van der Waals surface area contributed by atoms with Crippen molar-refractivity contribution < 1.29 is 24.3 Å². The zero-order valence-corrected chi connectivity index (χ0v) is 17.9. The Morgan fingerprint density at radius 2 is 1.83 bits per heavy atom. The summed E-state index contributed by atoms with van der Waals surface area (Å²) in [5, 5.41) is 12.6. The van der Waals surface area contributed by atoms with Crippen molar-refractivity contribution in [3.63, 3.8) is 0 Å². The highest BCUT2D eigenvalue weighted by Gasteiger charge is 2.30. The van der Waals surface area contributed by atoms with Gasteiger partial charge in [0.25, 0.3) is 0 Å². The largest absolute Gasteiger partial charge is 0.872 e. The van der Waals surface area contributed by atoms with Crippen LogP contribution in [0.3, 0.4) is 0 Å². The molecule has 0 saturated heterocycles. The first kappa shape index (κ1) is 21.7. The number of para-hydroxylation sites is 1. The van der Waals surface area contributed by atoms with Crippen LogP contribution < -0.4 is 19.5 Å². The second-order valence-electron chi connectivity index (χ2n) is 7.41. The highest BCUT2D eigenvalue weighted by Crippen LogP contribution is 2.37. The molecule has 1 aliphatic rings. The van der Waals surface area contributed by atoms with E-state index in [1.165, 1.54) is 11.0 Å². The predicted molar refractivity (Wildman–Crippen MR) is 116 cm³/mol. The van der Waals surface area contributed by atoms with E-state index in [1.807, 2.05) is 30.3 Å². The maximum atomic E-state index is 12.8. The lowest BCUT2D eigenvalue weighted by Crippen LogP contribution is -3.10. The van der Waals surface area contributed by atoms with Gasteiger partial charge in [-0.25, -0.2) is 0 Å². The summed E-state index contributed by atoms with van der Waals surface area (Å²) in [4.78, 5) is 14.1. The SMILES string of the molecule is CCC[NH+](CCC)Cc1c([O-])ccc2c1O/C(=C\C=C\c1ccccc1OC)C2=O. The number of carbonyl (C=O) groups excluding carboxylic acids is 1. The highest BCUT2D eigenvalue weighted by atomic mass is 16.5. The Kier molecular flexibility index (Phi) is 7.31. The molecule has 0 unspecified atom stereocenters. The summed E-state index contributed by atoms with van der Waals surface area (Å²) in [5.74, 6) is 1.15. The smallest absolute Gasteiger partial charge is 0.231 e. The number of allylic oxidation sites excluding steroid dienone is 3. The predicted octanol–water partition coefficient (Wildman–Crippen LogP) is 3.15. The first-order valence-electron chi connectivity index (χ1n) is 10.5. The number of benzene rings is 2. The van der Waals surface area contributed by atoms with Crippen LogP contribution in [0, 0.1) is 0 Å². The van der Waals surface area contributed by atoms with Crippen molar-refractivity contribution in [3.8, 4) is 17.2 Å². The van der Waals surface area contributed by atoms with Crippen molar-refractivity contribution in [2.45, 2.75) is 33.2 Å². The fraction of sp³-hybridized carbons (Fsp3) is 0.320. The molecule has 0 aliphatic carbocycles. The van der Waals surface area contributed by atoms with Crippen molar-refractivity contribution in [2.24, 2.45) is 0 Å². The molecule has 2 aromatic rings. The summed E-state index contributed by atoms with van der Waals surface area (Å²) >= 11 is 0. The maximum absolute atomic E-state index is 12.8. The Labute approximate surface area is 178 Å². The van der Waals surface area contributed by atoms with Gasteiger partial charge in [-0.15, -0.1) is 0 Å². The first-order valence-corrected chi connectivity index (χ1v) is 10.5. The number of ether oxygens (including phenoxy) is 2. The van der Waals surface area contributed by atoms with Crippen molar-refractivity contribution in [1.82, 2.24) is 0 Å².